The van der Waals surface area contributed by atoms with Crippen LogP contribution in [0.3, 0.4) is 0 Å². The molecule has 4 atom stereocenters. The zero-order valence-electron chi connectivity index (χ0n) is 26.6. The van der Waals surface area contributed by atoms with E-state index in [0.717, 1.165) is 0 Å². The number of hydrogen-bond acceptors (Lipinski definition) is 6. The number of carbonyl (C=O) groups is 3. The Morgan fingerprint density at radius 1 is 0.952 bits per heavy atom. The molecule has 0 bridgehead atoms. The van der Waals surface area contributed by atoms with Crippen molar-refractivity contribution in [2.75, 3.05) is 26.2 Å². The summed E-state index contributed by atoms with van der Waals surface area (Å²) in [4.78, 5) is 37.5. The predicted octanol–water partition coefficient (Wildman–Crippen LogP) is 5.03. The van der Waals surface area contributed by atoms with Gasteiger partial charge in [-0.3, -0.25) is 9.59 Å². The lowest BCUT2D eigenvalue weighted by Gasteiger charge is -2.43. The van der Waals surface area contributed by atoms with E-state index in [4.69, 9.17) is 5.73 Å². The average molecular weight is 608 g/mol. The first-order valence-electron chi connectivity index (χ1n) is 15.8. The standard InChI is InChI=1S/C16H19N3O5S.C16H36N/c1-16(2)11(15(23)24)19-13(22)10(14(19)25-16)18-12(21)9(17)7-3-5-8(20)6-4-7;1-5-9-13-17(14-10-6-2,15-11-7-3)16-12-8-4/h3-6,9-11,14,20H,17H2,1-2H3,(H,18,21)(H,23,24);5-16H2,1-4H3/q;+1/t9-,10-,11+,14-;/m1./s1. The molecule has 42 heavy (non-hydrogen) atoms. The van der Waals surface area contributed by atoms with Crippen molar-refractivity contribution < 1.29 is 29.1 Å². The summed E-state index contributed by atoms with van der Waals surface area (Å²) in [7, 11) is 0. The summed E-state index contributed by atoms with van der Waals surface area (Å²) in [6.45, 7) is 18.6. The molecule has 1 aromatic rings. The van der Waals surface area contributed by atoms with Gasteiger partial charge in [-0.15, -0.1) is 11.8 Å². The highest BCUT2D eigenvalue weighted by molar-refractivity contribution is 8.01. The lowest BCUT2D eigenvalue weighted by molar-refractivity contribution is -0.929. The van der Waals surface area contributed by atoms with Crippen LogP contribution in [0.15, 0.2) is 24.3 Å². The number of nitrogens with one attached hydrogen (secondary N) is 1. The van der Waals surface area contributed by atoms with Gasteiger partial charge in [0.05, 0.1) is 26.2 Å². The number of phenolic OH excluding ortho intramolecular Hbond substituents is 1. The Labute approximate surface area is 257 Å². The topological polar surface area (TPSA) is 133 Å². The first-order valence-corrected chi connectivity index (χ1v) is 16.7. The molecule has 10 heteroatoms. The van der Waals surface area contributed by atoms with E-state index >= 15 is 0 Å². The monoisotopic (exact) mass is 607 g/mol. The van der Waals surface area contributed by atoms with Crippen molar-refractivity contribution >= 4 is 29.5 Å². The molecule has 0 radical (unpaired) electrons. The quantitative estimate of drug-likeness (QED) is 0.153. The summed E-state index contributed by atoms with van der Waals surface area (Å²) in [5.41, 5.74) is 6.41. The highest BCUT2D eigenvalue weighted by atomic mass is 32.2. The van der Waals surface area contributed by atoms with E-state index in [1.165, 1.54) is 123 Å². The number of benzene rings is 1. The fraction of sp³-hybridized carbons (Fsp3) is 0.719. The van der Waals surface area contributed by atoms with Crippen LogP contribution in [0.1, 0.15) is 105 Å². The number of phenols is 1. The molecular formula is C32H55N4O5S+. The van der Waals surface area contributed by atoms with Crippen molar-refractivity contribution in [1.82, 2.24) is 10.2 Å². The summed E-state index contributed by atoms with van der Waals surface area (Å²) in [6.07, 6.45) is 11.1. The van der Waals surface area contributed by atoms with E-state index in [1.807, 2.05) is 0 Å². The molecule has 2 aliphatic heterocycles. The van der Waals surface area contributed by atoms with Crippen LogP contribution < -0.4 is 11.1 Å². The summed E-state index contributed by atoms with van der Waals surface area (Å²) in [5, 5.41) is 20.9. The Balaban J connectivity index is 0.000000319. The Morgan fingerprint density at radius 2 is 1.40 bits per heavy atom. The average Bonchev–Trinajstić information content (AvgIpc) is 3.23. The molecule has 2 heterocycles. The van der Waals surface area contributed by atoms with Gasteiger partial charge in [0.1, 0.15) is 29.2 Å². The number of hydrogen-bond donors (Lipinski definition) is 4. The van der Waals surface area contributed by atoms with Gasteiger partial charge in [-0.1, -0.05) is 65.5 Å². The summed E-state index contributed by atoms with van der Waals surface area (Å²) in [6, 6.07) is 3.21. The molecule has 2 aliphatic rings. The maximum absolute atomic E-state index is 12.3. The van der Waals surface area contributed by atoms with Crippen LogP contribution in [0.5, 0.6) is 5.75 Å². The Morgan fingerprint density at radius 3 is 1.81 bits per heavy atom. The van der Waals surface area contributed by atoms with Crippen LogP contribution in [-0.2, 0) is 14.4 Å². The van der Waals surface area contributed by atoms with E-state index in [2.05, 4.69) is 33.0 Å². The van der Waals surface area contributed by atoms with Gasteiger partial charge in [-0.25, -0.2) is 4.79 Å². The number of carboxylic acids is 1. The second kappa shape index (κ2) is 16.5. The first kappa shape index (κ1) is 35.9. The normalized spacial score (nSPS) is 21.5. The summed E-state index contributed by atoms with van der Waals surface area (Å²) < 4.78 is 0.772. The Kier molecular flexibility index (Phi) is 14.1. The number of fused-ring (bicyclic) bond motifs is 1. The number of β-lactam (4-membered cyclic amide) rings is 1. The van der Waals surface area contributed by atoms with Crippen LogP contribution >= 0.6 is 11.8 Å². The number of carboxylic acid groups (broad SMARTS) is 1. The molecule has 0 saturated carbocycles. The van der Waals surface area contributed by atoms with Crippen molar-refractivity contribution in [2.45, 2.75) is 121 Å². The zero-order valence-corrected chi connectivity index (χ0v) is 27.4. The lowest BCUT2D eigenvalue weighted by atomic mass is 9.95. The number of unbranched alkanes of at least 4 members (excludes halogenated alkanes) is 4. The molecular weight excluding hydrogens is 552 g/mol. The van der Waals surface area contributed by atoms with E-state index in [-0.39, 0.29) is 5.75 Å². The van der Waals surface area contributed by atoms with E-state index in [1.54, 1.807) is 13.8 Å². The zero-order chi connectivity index (χ0) is 31.5. The third kappa shape index (κ3) is 9.10. The number of thioether (sulfide) groups is 1. The maximum atomic E-state index is 12.3. The molecule has 2 fully saturated rings. The van der Waals surface area contributed by atoms with Gasteiger partial charge in [-0.2, -0.15) is 0 Å². The smallest absolute Gasteiger partial charge is 0.327 e. The fourth-order valence-electron chi connectivity index (χ4n) is 5.87. The van der Waals surface area contributed by atoms with Crippen LogP contribution in [-0.4, -0.2) is 85.8 Å². The highest BCUT2D eigenvalue weighted by Crippen LogP contribution is 2.50. The predicted molar refractivity (Wildman–Crippen MR) is 170 cm³/mol. The minimum Gasteiger partial charge on any atom is -0.508 e. The highest BCUT2D eigenvalue weighted by Gasteiger charge is 2.64. The first-order chi connectivity index (χ1) is 19.9. The number of amides is 2. The Bertz CT molecular complexity index is 981. The molecule has 9 nitrogen and oxygen atoms in total. The molecule has 2 amide bonds. The third-order valence-corrected chi connectivity index (χ3v) is 10.0. The van der Waals surface area contributed by atoms with Gasteiger partial charge in [0.25, 0.3) is 0 Å². The number of quaternary nitrogens is 1. The molecule has 5 N–H and O–H groups in total. The van der Waals surface area contributed by atoms with Crippen LogP contribution in [0, 0.1) is 0 Å². The minimum atomic E-state index is -1.06. The third-order valence-electron chi connectivity index (χ3n) is 8.45. The van der Waals surface area contributed by atoms with Gasteiger partial charge >= 0.3 is 5.97 Å². The largest absolute Gasteiger partial charge is 0.508 e. The van der Waals surface area contributed by atoms with Crippen LogP contribution in [0.25, 0.3) is 0 Å². The van der Waals surface area contributed by atoms with Crippen molar-refractivity contribution in [3.05, 3.63) is 29.8 Å². The van der Waals surface area contributed by atoms with Gasteiger partial charge in [0.2, 0.25) is 11.8 Å². The lowest BCUT2D eigenvalue weighted by Crippen LogP contribution is -2.71. The molecule has 0 aromatic heterocycles. The molecule has 0 aliphatic carbocycles. The van der Waals surface area contributed by atoms with E-state index in [0.29, 0.717) is 5.56 Å². The van der Waals surface area contributed by atoms with E-state index < -0.39 is 46.0 Å². The SMILES string of the molecule is CC1(C)S[C@@H]2[C@H](NC(=O)[C@H](N)c3ccc(O)cc3)C(=O)N2[C@H]1C(=O)O.CCCC[N+](CCCC)(CCCC)CCCC. The van der Waals surface area contributed by atoms with Crippen molar-refractivity contribution in [2.24, 2.45) is 5.73 Å². The van der Waals surface area contributed by atoms with Gasteiger partial charge in [-0.05, 0) is 57.2 Å². The number of nitrogens with two attached hydrogens (primary N) is 1. The second-order valence-electron chi connectivity index (χ2n) is 12.3. The second-order valence-corrected chi connectivity index (χ2v) is 14.1. The number of carbonyl (C=O) groups excluding carboxylic acids is 2. The van der Waals surface area contributed by atoms with Crippen molar-refractivity contribution in [3.63, 3.8) is 0 Å². The summed E-state index contributed by atoms with van der Waals surface area (Å²) in [5.74, 6) is -1.94. The van der Waals surface area contributed by atoms with Crippen molar-refractivity contribution in [3.8, 4) is 5.75 Å². The maximum Gasteiger partial charge on any atom is 0.327 e. The molecule has 2 saturated heterocycles. The molecule has 1 aromatic carbocycles. The van der Waals surface area contributed by atoms with Crippen LogP contribution in [0.2, 0.25) is 0 Å². The number of aromatic hydroxyl groups is 1. The molecule has 3 rings (SSSR count). The van der Waals surface area contributed by atoms with Gasteiger partial charge in [0.15, 0.2) is 0 Å². The van der Waals surface area contributed by atoms with Crippen LogP contribution in [0.4, 0.5) is 0 Å². The fourth-order valence-corrected chi connectivity index (χ4v) is 7.49. The van der Waals surface area contributed by atoms with Gasteiger partial charge < -0.3 is 30.6 Å². The summed E-state index contributed by atoms with van der Waals surface area (Å²) >= 11 is 1.35. The number of nitrogens with zero attached hydrogens (tertiary/aromatic N) is 2. The number of rotatable bonds is 16. The Hall–Kier alpha value is -2.30. The van der Waals surface area contributed by atoms with Gasteiger partial charge in [0, 0.05) is 4.75 Å². The molecule has 0 unspecified atom stereocenters. The molecule has 0 spiro atoms. The molecule has 238 valence electrons. The number of aliphatic carboxylic acids is 1. The van der Waals surface area contributed by atoms with E-state index in [9.17, 15) is 24.6 Å². The minimum absolute atomic E-state index is 0.0606. The van der Waals surface area contributed by atoms with Crippen molar-refractivity contribution in [1.29, 1.82) is 0 Å².